The van der Waals surface area contributed by atoms with E-state index >= 15 is 0 Å². The highest BCUT2D eigenvalue weighted by Crippen LogP contribution is 2.25. The van der Waals surface area contributed by atoms with Gasteiger partial charge in [-0.25, -0.2) is 4.98 Å². The molecule has 0 radical (unpaired) electrons. The summed E-state index contributed by atoms with van der Waals surface area (Å²) in [6.45, 7) is 11.7. The molecule has 24 heavy (non-hydrogen) atoms. The van der Waals surface area contributed by atoms with Gasteiger partial charge < -0.3 is 9.84 Å². The van der Waals surface area contributed by atoms with Gasteiger partial charge in [0.25, 0.3) is 0 Å². The van der Waals surface area contributed by atoms with Crippen molar-refractivity contribution in [2.75, 3.05) is 45.9 Å². The van der Waals surface area contributed by atoms with Gasteiger partial charge in [0.05, 0.1) is 15.2 Å². The Morgan fingerprint density at radius 1 is 1.33 bits per heavy atom. The Balaban J connectivity index is 1.44. The SMILES string of the molecule is C=CCN1CCN(CC(O)COc2ccc3sc(C)nc3c2)CC1. The Hall–Kier alpha value is -1.47. The summed E-state index contributed by atoms with van der Waals surface area (Å²) < 4.78 is 6.92. The van der Waals surface area contributed by atoms with E-state index in [0.29, 0.717) is 13.2 Å². The highest BCUT2D eigenvalue weighted by atomic mass is 32.1. The van der Waals surface area contributed by atoms with Crippen LogP contribution >= 0.6 is 11.3 Å². The number of aromatic nitrogens is 1. The molecule has 1 fully saturated rings. The predicted octanol–water partition coefficient (Wildman–Crippen LogP) is 2.15. The molecule has 2 heterocycles. The lowest BCUT2D eigenvalue weighted by molar-refractivity contribution is 0.0482. The van der Waals surface area contributed by atoms with Crippen LogP contribution in [0.4, 0.5) is 0 Å². The second-order valence-electron chi connectivity index (χ2n) is 6.22. The first-order valence-corrected chi connectivity index (χ1v) is 9.19. The highest BCUT2D eigenvalue weighted by molar-refractivity contribution is 7.18. The van der Waals surface area contributed by atoms with Crippen LogP contribution in [0, 0.1) is 6.92 Å². The Kier molecular flexibility index (Phi) is 5.84. The second-order valence-corrected chi connectivity index (χ2v) is 7.45. The molecule has 0 saturated carbocycles. The molecule has 2 aromatic rings. The molecule has 1 saturated heterocycles. The fraction of sp³-hybridized carbons (Fsp3) is 0.500. The summed E-state index contributed by atoms with van der Waals surface area (Å²) in [5.41, 5.74) is 0.961. The van der Waals surface area contributed by atoms with Crippen LogP contribution in [0.15, 0.2) is 30.9 Å². The standard InChI is InChI=1S/C18H25N3O2S/c1-3-6-20-7-9-21(10-8-20)12-15(22)13-23-16-4-5-18-17(11-16)19-14(2)24-18/h3-5,11,15,22H,1,6-10,12-13H2,2H3. The first-order valence-electron chi connectivity index (χ1n) is 8.37. The minimum Gasteiger partial charge on any atom is -0.491 e. The van der Waals surface area contributed by atoms with Gasteiger partial charge in [-0.15, -0.1) is 17.9 Å². The van der Waals surface area contributed by atoms with E-state index in [1.165, 1.54) is 0 Å². The zero-order chi connectivity index (χ0) is 16.9. The molecule has 5 nitrogen and oxygen atoms in total. The van der Waals surface area contributed by atoms with Gasteiger partial charge >= 0.3 is 0 Å². The van der Waals surface area contributed by atoms with Gasteiger partial charge in [-0.3, -0.25) is 9.80 Å². The number of thiazole rings is 1. The molecular formula is C18H25N3O2S. The van der Waals surface area contributed by atoms with Crippen LogP contribution in [0.1, 0.15) is 5.01 Å². The molecule has 3 rings (SSSR count). The lowest BCUT2D eigenvalue weighted by Gasteiger charge is -2.35. The first-order chi connectivity index (χ1) is 11.6. The van der Waals surface area contributed by atoms with Crippen molar-refractivity contribution in [2.45, 2.75) is 13.0 Å². The second kappa shape index (κ2) is 8.07. The van der Waals surface area contributed by atoms with Crippen molar-refractivity contribution in [2.24, 2.45) is 0 Å². The molecule has 130 valence electrons. The Morgan fingerprint density at radius 3 is 2.83 bits per heavy atom. The number of ether oxygens (including phenoxy) is 1. The van der Waals surface area contributed by atoms with Crippen LogP contribution in [-0.2, 0) is 0 Å². The highest BCUT2D eigenvalue weighted by Gasteiger charge is 2.18. The Morgan fingerprint density at radius 2 is 2.08 bits per heavy atom. The normalized spacial score (nSPS) is 17.9. The fourth-order valence-corrected chi connectivity index (χ4v) is 3.80. The number of rotatable bonds is 7. The summed E-state index contributed by atoms with van der Waals surface area (Å²) in [6, 6.07) is 5.92. The van der Waals surface area contributed by atoms with Gasteiger partial charge in [0.15, 0.2) is 0 Å². The molecule has 1 aliphatic rings. The number of aryl methyl sites for hydroxylation is 1. The molecule has 0 spiro atoms. The molecule has 1 aromatic carbocycles. The maximum Gasteiger partial charge on any atom is 0.121 e. The van der Waals surface area contributed by atoms with Crippen molar-refractivity contribution in [3.8, 4) is 5.75 Å². The van der Waals surface area contributed by atoms with Crippen LogP contribution in [0.3, 0.4) is 0 Å². The van der Waals surface area contributed by atoms with Crippen LogP contribution in [0.5, 0.6) is 5.75 Å². The number of aliphatic hydroxyl groups is 1. The predicted molar refractivity (Wildman–Crippen MR) is 98.9 cm³/mol. The zero-order valence-corrected chi connectivity index (χ0v) is 15.0. The summed E-state index contributed by atoms with van der Waals surface area (Å²) >= 11 is 1.68. The van der Waals surface area contributed by atoms with Crippen molar-refractivity contribution < 1.29 is 9.84 Å². The third-order valence-electron chi connectivity index (χ3n) is 4.23. The number of piperazine rings is 1. The summed E-state index contributed by atoms with van der Waals surface area (Å²) in [5, 5.41) is 11.3. The molecule has 1 aliphatic heterocycles. The van der Waals surface area contributed by atoms with Crippen LogP contribution in [0.25, 0.3) is 10.2 Å². The molecular weight excluding hydrogens is 322 g/mol. The largest absolute Gasteiger partial charge is 0.491 e. The van der Waals surface area contributed by atoms with Gasteiger partial charge in [0.2, 0.25) is 0 Å². The van der Waals surface area contributed by atoms with E-state index in [2.05, 4.69) is 21.4 Å². The van der Waals surface area contributed by atoms with E-state index in [9.17, 15) is 5.11 Å². The van der Waals surface area contributed by atoms with E-state index in [0.717, 1.165) is 53.7 Å². The van der Waals surface area contributed by atoms with Crippen LogP contribution < -0.4 is 4.74 Å². The maximum atomic E-state index is 10.2. The Labute approximate surface area is 147 Å². The van der Waals surface area contributed by atoms with Crippen molar-refractivity contribution in [1.29, 1.82) is 0 Å². The van der Waals surface area contributed by atoms with E-state index in [1.807, 2.05) is 31.2 Å². The molecule has 6 heteroatoms. The van der Waals surface area contributed by atoms with Crippen molar-refractivity contribution in [3.63, 3.8) is 0 Å². The molecule has 0 amide bonds. The van der Waals surface area contributed by atoms with Gasteiger partial charge in [-0.05, 0) is 19.1 Å². The molecule has 0 bridgehead atoms. The number of hydrogen-bond donors (Lipinski definition) is 1. The third kappa shape index (κ3) is 4.54. The number of aliphatic hydroxyl groups excluding tert-OH is 1. The van der Waals surface area contributed by atoms with Gasteiger partial charge in [-0.1, -0.05) is 6.08 Å². The maximum absolute atomic E-state index is 10.2. The van der Waals surface area contributed by atoms with Crippen molar-refractivity contribution in [1.82, 2.24) is 14.8 Å². The van der Waals surface area contributed by atoms with E-state index in [4.69, 9.17) is 4.74 Å². The molecule has 0 aliphatic carbocycles. The van der Waals surface area contributed by atoms with E-state index < -0.39 is 6.10 Å². The van der Waals surface area contributed by atoms with E-state index in [1.54, 1.807) is 11.3 Å². The third-order valence-corrected chi connectivity index (χ3v) is 5.18. The molecule has 1 aromatic heterocycles. The summed E-state index contributed by atoms with van der Waals surface area (Å²) in [5.74, 6) is 0.766. The minimum atomic E-state index is -0.483. The minimum absolute atomic E-state index is 0.307. The van der Waals surface area contributed by atoms with Gasteiger partial charge in [0.1, 0.15) is 18.5 Å². The number of fused-ring (bicyclic) bond motifs is 1. The zero-order valence-electron chi connectivity index (χ0n) is 14.1. The summed E-state index contributed by atoms with van der Waals surface area (Å²) in [6.07, 6.45) is 1.46. The topological polar surface area (TPSA) is 48.8 Å². The first kappa shape index (κ1) is 17.4. The summed E-state index contributed by atoms with van der Waals surface area (Å²) in [7, 11) is 0. The van der Waals surface area contributed by atoms with Gasteiger partial charge in [-0.2, -0.15) is 0 Å². The number of nitrogens with zero attached hydrogens (tertiary/aromatic N) is 3. The average molecular weight is 347 g/mol. The number of hydrogen-bond acceptors (Lipinski definition) is 6. The number of β-amino-alcohol motifs (C(OH)–C–C–N with tert-alkyl or cyclic N) is 1. The van der Waals surface area contributed by atoms with E-state index in [-0.39, 0.29) is 0 Å². The monoisotopic (exact) mass is 347 g/mol. The lowest BCUT2D eigenvalue weighted by Crippen LogP contribution is -2.49. The number of benzene rings is 1. The quantitative estimate of drug-likeness (QED) is 0.778. The molecule has 1 N–H and O–H groups in total. The summed E-state index contributed by atoms with van der Waals surface area (Å²) in [4.78, 5) is 9.14. The van der Waals surface area contributed by atoms with Crippen LogP contribution in [0.2, 0.25) is 0 Å². The smallest absolute Gasteiger partial charge is 0.121 e. The van der Waals surface area contributed by atoms with Gasteiger partial charge in [0, 0.05) is 45.3 Å². The van der Waals surface area contributed by atoms with Crippen molar-refractivity contribution in [3.05, 3.63) is 35.9 Å². The molecule has 1 unspecified atom stereocenters. The van der Waals surface area contributed by atoms with Crippen LogP contribution in [-0.4, -0.2) is 71.9 Å². The molecule has 1 atom stereocenters. The van der Waals surface area contributed by atoms with Crippen molar-refractivity contribution >= 4 is 21.6 Å². The average Bonchev–Trinajstić information content (AvgIpc) is 2.94. The Bertz CT molecular complexity index is 680. The fourth-order valence-electron chi connectivity index (χ4n) is 2.99. The lowest BCUT2D eigenvalue weighted by atomic mass is 10.2.